The van der Waals surface area contributed by atoms with Crippen LogP contribution in [0.25, 0.3) is 0 Å². The molecule has 1 aliphatic rings. The van der Waals surface area contributed by atoms with Crippen molar-refractivity contribution >= 4 is 12.0 Å². The van der Waals surface area contributed by atoms with E-state index in [1.807, 2.05) is 19.9 Å². The number of rotatable bonds is 5. The van der Waals surface area contributed by atoms with Gasteiger partial charge in [0, 0.05) is 45.0 Å². The van der Waals surface area contributed by atoms with Crippen LogP contribution in [-0.2, 0) is 16.1 Å². The first kappa shape index (κ1) is 17.3. The predicted octanol–water partition coefficient (Wildman–Crippen LogP) is 0.000140. The van der Waals surface area contributed by atoms with Crippen LogP contribution in [0.15, 0.2) is 6.07 Å². The Morgan fingerprint density at radius 2 is 1.96 bits per heavy atom. The van der Waals surface area contributed by atoms with Gasteiger partial charge in [-0.05, 0) is 19.9 Å². The molecule has 0 saturated carbocycles. The largest absolute Gasteiger partial charge is 0.453 e. The van der Waals surface area contributed by atoms with E-state index in [9.17, 15) is 9.59 Å². The molecule has 0 radical (unpaired) electrons. The number of ether oxygens (including phenoxy) is 1. The van der Waals surface area contributed by atoms with Gasteiger partial charge in [0.25, 0.3) is 0 Å². The maximum absolute atomic E-state index is 11.9. The molecule has 0 spiro atoms. The zero-order valence-corrected chi connectivity index (χ0v) is 14.0. The lowest BCUT2D eigenvalue weighted by Gasteiger charge is -2.33. The highest BCUT2D eigenvalue weighted by Crippen LogP contribution is 2.03. The first-order valence-electron chi connectivity index (χ1n) is 7.82. The second-order valence-corrected chi connectivity index (χ2v) is 5.73. The number of nitrogens with zero attached hydrogens (tertiary/aromatic N) is 4. The molecule has 8 heteroatoms. The van der Waals surface area contributed by atoms with Gasteiger partial charge in [-0.1, -0.05) is 0 Å². The molecule has 23 heavy (non-hydrogen) atoms. The lowest BCUT2D eigenvalue weighted by atomic mass is 10.3. The molecule has 0 atom stereocenters. The average molecular weight is 323 g/mol. The Hall–Kier alpha value is -2.09. The molecule has 1 N–H and O–H groups in total. The minimum Gasteiger partial charge on any atom is -0.453 e. The number of piperazine rings is 1. The molecule has 0 aliphatic carbocycles. The first-order valence-corrected chi connectivity index (χ1v) is 7.82. The summed E-state index contributed by atoms with van der Waals surface area (Å²) < 4.78 is 6.42. The van der Waals surface area contributed by atoms with E-state index in [1.165, 1.54) is 7.11 Å². The van der Waals surface area contributed by atoms with Crippen LogP contribution >= 0.6 is 0 Å². The van der Waals surface area contributed by atoms with Crippen LogP contribution in [0.1, 0.15) is 11.4 Å². The number of amides is 2. The molecule has 1 aromatic rings. The van der Waals surface area contributed by atoms with Gasteiger partial charge in [-0.3, -0.25) is 14.4 Å². The topological polar surface area (TPSA) is 79.7 Å². The van der Waals surface area contributed by atoms with Gasteiger partial charge in [-0.15, -0.1) is 0 Å². The number of methoxy groups -OCH3 is 1. The van der Waals surface area contributed by atoms with E-state index in [1.54, 1.807) is 9.58 Å². The van der Waals surface area contributed by atoms with Crippen LogP contribution in [0.5, 0.6) is 0 Å². The fourth-order valence-corrected chi connectivity index (χ4v) is 2.66. The summed E-state index contributed by atoms with van der Waals surface area (Å²) in [5, 5.41) is 7.19. The average Bonchev–Trinajstić information content (AvgIpc) is 2.84. The van der Waals surface area contributed by atoms with Crippen molar-refractivity contribution in [2.75, 3.05) is 46.4 Å². The second-order valence-electron chi connectivity index (χ2n) is 5.73. The number of carbonyl (C=O) groups excluding carboxylic acids is 2. The van der Waals surface area contributed by atoms with E-state index < -0.39 is 0 Å². The van der Waals surface area contributed by atoms with Crippen LogP contribution in [0.2, 0.25) is 0 Å². The van der Waals surface area contributed by atoms with Crippen molar-refractivity contribution in [1.82, 2.24) is 24.9 Å². The zero-order valence-electron chi connectivity index (χ0n) is 14.0. The van der Waals surface area contributed by atoms with Crippen molar-refractivity contribution in [3.63, 3.8) is 0 Å². The van der Waals surface area contributed by atoms with Crippen LogP contribution in [0.3, 0.4) is 0 Å². The fraction of sp³-hybridized carbons (Fsp3) is 0.667. The minimum atomic E-state index is -0.275. The Balaban J connectivity index is 1.65. The van der Waals surface area contributed by atoms with Crippen molar-refractivity contribution in [3.8, 4) is 0 Å². The van der Waals surface area contributed by atoms with Crippen molar-refractivity contribution in [3.05, 3.63) is 17.5 Å². The smallest absolute Gasteiger partial charge is 0.409 e. The van der Waals surface area contributed by atoms with Gasteiger partial charge in [0.15, 0.2) is 0 Å². The predicted molar refractivity (Wildman–Crippen MR) is 85.1 cm³/mol. The molecule has 1 fully saturated rings. The molecule has 0 aromatic carbocycles. The Bertz CT molecular complexity index is 549. The molecular formula is C15H25N5O3. The second kappa shape index (κ2) is 7.96. The summed E-state index contributed by atoms with van der Waals surface area (Å²) in [4.78, 5) is 27.3. The zero-order chi connectivity index (χ0) is 16.8. The fourth-order valence-electron chi connectivity index (χ4n) is 2.66. The normalized spacial score (nSPS) is 15.5. The number of aromatic nitrogens is 2. The van der Waals surface area contributed by atoms with Gasteiger partial charge in [0.05, 0.1) is 12.8 Å². The monoisotopic (exact) mass is 323 g/mol. The third-order valence-electron chi connectivity index (χ3n) is 3.95. The number of hydrogen-bond acceptors (Lipinski definition) is 5. The summed E-state index contributed by atoms with van der Waals surface area (Å²) in [6, 6.07) is 1.95. The molecule has 128 valence electrons. The maximum atomic E-state index is 11.9. The molecular weight excluding hydrogens is 298 g/mol. The quantitative estimate of drug-likeness (QED) is 0.825. The van der Waals surface area contributed by atoms with E-state index >= 15 is 0 Å². The third-order valence-corrected chi connectivity index (χ3v) is 3.95. The summed E-state index contributed by atoms with van der Waals surface area (Å²) in [7, 11) is 1.40. The lowest BCUT2D eigenvalue weighted by molar-refractivity contribution is -0.121. The molecule has 2 rings (SSSR count). The third kappa shape index (κ3) is 4.95. The number of carbonyl (C=O) groups is 2. The number of hydrogen-bond donors (Lipinski definition) is 1. The van der Waals surface area contributed by atoms with Gasteiger partial charge in [-0.2, -0.15) is 5.10 Å². The molecule has 2 heterocycles. The van der Waals surface area contributed by atoms with E-state index in [2.05, 4.69) is 15.3 Å². The highest BCUT2D eigenvalue weighted by Gasteiger charge is 2.21. The standard InChI is InChI=1S/C15H25N5O3/c1-12-10-13(2)20(17-12)11-14(21)16-4-5-18-6-8-19(9-7-18)15(22)23-3/h10H,4-9,11H2,1-3H3,(H,16,21). The summed E-state index contributed by atoms with van der Waals surface area (Å²) >= 11 is 0. The Labute approximate surface area is 136 Å². The highest BCUT2D eigenvalue weighted by molar-refractivity contribution is 5.75. The van der Waals surface area contributed by atoms with Gasteiger partial charge < -0.3 is 15.0 Å². The lowest BCUT2D eigenvalue weighted by Crippen LogP contribution is -2.50. The molecule has 1 aliphatic heterocycles. The van der Waals surface area contributed by atoms with Gasteiger partial charge >= 0.3 is 6.09 Å². The van der Waals surface area contributed by atoms with E-state index in [0.717, 1.165) is 31.0 Å². The molecule has 0 unspecified atom stereocenters. The molecule has 0 bridgehead atoms. The molecule has 1 aromatic heterocycles. The van der Waals surface area contributed by atoms with Crippen LogP contribution < -0.4 is 5.32 Å². The van der Waals surface area contributed by atoms with Gasteiger partial charge in [0.1, 0.15) is 6.54 Å². The first-order chi connectivity index (χ1) is 11.0. The van der Waals surface area contributed by atoms with Gasteiger partial charge in [-0.25, -0.2) is 4.79 Å². The van der Waals surface area contributed by atoms with E-state index in [4.69, 9.17) is 4.74 Å². The minimum absolute atomic E-state index is 0.0376. The maximum Gasteiger partial charge on any atom is 0.409 e. The Kier molecular flexibility index (Phi) is 5.97. The number of aryl methyl sites for hydroxylation is 2. The van der Waals surface area contributed by atoms with Crippen LogP contribution in [0, 0.1) is 13.8 Å². The Morgan fingerprint density at radius 1 is 1.26 bits per heavy atom. The number of nitrogens with one attached hydrogen (secondary N) is 1. The molecule has 2 amide bonds. The Morgan fingerprint density at radius 3 is 2.52 bits per heavy atom. The van der Waals surface area contributed by atoms with Crippen molar-refractivity contribution in [2.24, 2.45) is 0 Å². The van der Waals surface area contributed by atoms with Crippen molar-refractivity contribution < 1.29 is 14.3 Å². The highest BCUT2D eigenvalue weighted by atomic mass is 16.5. The van der Waals surface area contributed by atoms with E-state index in [-0.39, 0.29) is 18.5 Å². The molecule has 1 saturated heterocycles. The van der Waals surface area contributed by atoms with Crippen molar-refractivity contribution in [2.45, 2.75) is 20.4 Å². The summed E-state index contributed by atoms with van der Waals surface area (Å²) in [5.41, 5.74) is 1.90. The van der Waals surface area contributed by atoms with Crippen LogP contribution in [0.4, 0.5) is 4.79 Å². The summed E-state index contributed by atoms with van der Waals surface area (Å²) in [6.07, 6.45) is -0.275. The van der Waals surface area contributed by atoms with E-state index in [0.29, 0.717) is 19.6 Å². The SMILES string of the molecule is COC(=O)N1CCN(CCNC(=O)Cn2nc(C)cc2C)CC1. The summed E-state index contributed by atoms with van der Waals surface area (Å²) in [6.45, 7) is 8.37. The summed E-state index contributed by atoms with van der Waals surface area (Å²) in [5.74, 6) is -0.0376. The molecule has 8 nitrogen and oxygen atoms in total. The van der Waals surface area contributed by atoms with Crippen LogP contribution in [-0.4, -0.2) is 78.0 Å². The van der Waals surface area contributed by atoms with Crippen molar-refractivity contribution in [1.29, 1.82) is 0 Å². The van der Waals surface area contributed by atoms with Gasteiger partial charge in [0.2, 0.25) is 5.91 Å².